The molecule has 0 fully saturated rings. The predicted molar refractivity (Wildman–Crippen MR) is 253 cm³/mol. The highest BCUT2D eigenvalue weighted by molar-refractivity contribution is 6.19. The Morgan fingerprint density at radius 3 is 1.25 bits per heavy atom. The van der Waals surface area contributed by atoms with Gasteiger partial charge in [0, 0.05) is 65.9 Å². The van der Waals surface area contributed by atoms with Gasteiger partial charge in [-0.2, -0.15) is 0 Å². The first-order chi connectivity index (χ1) is 30.3. The summed E-state index contributed by atoms with van der Waals surface area (Å²) in [6, 6.07) is 76.1. The molecule has 4 aromatic heterocycles. The van der Waals surface area contributed by atoms with E-state index < -0.39 is 0 Å². The van der Waals surface area contributed by atoms with Crippen molar-refractivity contribution in [1.82, 2.24) is 23.7 Å². The van der Waals surface area contributed by atoms with E-state index in [4.69, 9.17) is 9.97 Å². The third-order valence-electron chi connectivity index (χ3n) is 12.4. The minimum absolute atomic E-state index is 0.704. The molecule has 0 atom stereocenters. The zero-order valence-electron chi connectivity index (χ0n) is 32.9. The van der Waals surface area contributed by atoms with Gasteiger partial charge in [-0.15, -0.1) is 0 Å². The minimum atomic E-state index is 0.704. The fraction of sp³-hybridized carbons (Fsp3) is 0. The van der Waals surface area contributed by atoms with Crippen molar-refractivity contribution in [3.8, 4) is 39.7 Å². The zero-order chi connectivity index (χ0) is 40.0. The van der Waals surface area contributed by atoms with Gasteiger partial charge in [-0.1, -0.05) is 133 Å². The van der Waals surface area contributed by atoms with Crippen molar-refractivity contribution in [2.75, 3.05) is 0 Å². The van der Waals surface area contributed by atoms with Crippen molar-refractivity contribution in [3.63, 3.8) is 0 Å². The number of hydrogen-bond acceptors (Lipinski definition) is 2. The van der Waals surface area contributed by atoms with Crippen LogP contribution in [0.25, 0.3) is 116 Å². The standard InChI is InChI=1S/C56H35N5/c1-2-15-36(16-3-1)55-45-23-4-9-24-48(45)57-56(58-55)37-17-14-18-40(33-37)61-52-28-13-8-22-44(52)47-34-53-46(35-54(47)61)43-21-7-12-27-51(43)60(53)39-31-29-38(30-32-39)59-49-25-10-5-19-41(49)42-20-6-11-26-50(42)59/h1-35H. The van der Waals surface area contributed by atoms with Crippen molar-refractivity contribution < 1.29 is 0 Å². The molecule has 0 radical (unpaired) electrons. The zero-order valence-corrected chi connectivity index (χ0v) is 32.9. The van der Waals surface area contributed by atoms with Crippen LogP contribution in [0, 0.1) is 0 Å². The lowest BCUT2D eigenvalue weighted by atomic mass is 10.1. The van der Waals surface area contributed by atoms with Crippen molar-refractivity contribution in [1.29, 1.82) is 0 Å². The Hall–Kier alpha value is -8.28. The molecule has 0 N–H and O–H groups in total. The Balaban J connectivity index is 0.991. The molecule has 0 aliphatic heterocycles. The predicted octanol–water partition coefficient (Wildman–Crippen LogP) is 14.3. The Bertz CT molecular complexity index is 3820. The second-order valence-electron chi connectivity index (χ2n) is 15.8. The van der Waals surface area contributed by atoms with Crippen LogP contribution in [0.3, 0.4) is 0 Å². The summed E-state index contributed by atoms with van der Waals surface area (Å²) in [6.07, 6.45) is 0. The molecule has 0 amide bonds. The second kappa shape index (κ2) is 13.1. The smallest absolute Gasteiger partial charge is 0.160 e. The number of nitrogens with zero attached hydrogens (tertiary/aromatic N) is 5. The second-order valence-corrected chi connectivity index (χ2v) is 15.8. The average molecular weight is 778 g/mol. The maximum Gasteiger partial charge on any atom is 0.160 e. The van der Waals surface area contributed by atoms with Crippen LogP contribution in [-0.2, 0) is 0 Å². The summed E-state index contributed by atoms with van der Waals surface area (Å²) >= 11 is 0. The summed E-state index contributed by atoms with van der Waals surface area (Å²) in [7, 11) is 0. The number of benzene rings is 9. The van der Waals surface area contributed by atoms with Gasteiger partial charge < -0.3 is 13.7 Å². The van der Waals surface area contributed by atoms with E-state index in [0.717, 1.165) is 55.8 Å². The molecule has 0 saturated carbocycles. The average Bonchev–Trinajstić information content (AvgIpc) is 3.96. The van der Waals surface area contributed by atoms with E-state index in [1.165, 1.54) is 54.4 Å². The summed E-state index contributed by atoms with van der Waals surface area (Å²) < 4.78 is 7.20. The maximum atomic E-state index is 5.22. The Labute approximate surface area is 350 Å². The number of rotatable bonds is 5. The third-order valence-corrected chi connectivity index (χ3v) is 12.4. The minimum Gasteiger partial charge on any atom is -0.309 e. The summed E-state index contributed by atoms with van der Waals surface area (Å²) in [5, 5.41) is 8.40. The highest BCUT2D eigenvalue weighted by Gasteiger charge is 2.20. The maximum absolute atomic E-state index is 5.22. The van der Waals surface area contributed by atoms with Crippen LogP contribution in [0.1, 0.15) is 0 Å². The first kappa shape index (κ1) is 33.7. The molecule has 0 aliphatic carbocycles. The fourth-order valence-corrected chi connectivity index (χ4v) is 9.74. The lowest BCUT2D eigenvalue weighted by Crippen LogP contribution is -1.98. The highest BCUT2D eigenvalue weighted by Crippen LogP contribution is 2.41. The number of hydrogen-bond donors (Lipinski definition) is 0. The van der Waals surface area contributed by atoms with Crippen LogP contribution in [0.4, 0.5) is 0 Å². The normalized spacial score (nSPS) is 11.9. The van der Waals surface area contributed by atoms with Crippen molar-refractivity contribution in [3.05, 3.63) is 212 Å². The Kier molecular flexibility index (Phi) is 7.24. The Morgan fingerprint density at radius 2 is 0.689 bits per heavy atom. The summed E-state index contributed by atoms with van der Waals surface area (Å²) in [6.45, 7) is 0. The van der Waals surface area contributed by atoms with Gasteiger partial charge in [-0.3, -0.25) is 0 Å². The van der Waals surface area contributed by atoms with Crippen LogP contribution >= 0.6 is 0 Å². The third kappa shape index (κ3) is 5.08. The molecule has 61 heavy (non-hydrogen) atoms. The molecule has 0 bridgehead atoms. The van der Waals surface area contributed by atoms with Crippen molar-refractivity contribution in [2.45, 2.75) is 0 Å². The molecule has 4 heterocycles. The van der Waals surface area contributed by atoms with Gasteiger partial charge in [-0.25, -0.2) is 9.97 Å². The van der Waals surface area contributed by atoms with Gasteiger partial charge in [0.05, 0.1) is 44.3 Å². The van der Waals surface area contributed by atoms with Crippen LogP contribution < -0.4 is 0 Å². The van der Waals surface area contributed by atoms with Gasteiger partial charge in [-0.05, 0) is 78.9 Å². The van der Waals surface area contributed by atoms with Gasteiger partial charge in [0.2, 0.25) is 0 Å². The molecular weight excluding hydrogens is 743 g/mol. The lowest BCUT2D eigenvalue weighted by Gasteiger charge is -2.12. The quantitative estimate of drug-likeness (QED) is 0.175. The van der Waals surface area contributed by atoms with Gasteiger partial charge in [0.15, 0.2) is 5.82 Å². The number of aromatic nitrogens is 5. The molecule has 5 nitrogen and oxygen atoms in total. The van der Waals surface area contributed by atoms with E-state index >= 15 is 0 Å². The van der Waals surface area contributed by atoms with E-state index in [9.17, 15) is 0 Å². The van der Waals surface area contributed by atoms with Crippen LogP contribution in [0.2, 0.25) is 0 Å². The first-order valence-corrected chi connectivity index (χ1v) is 20.8. The van der Waals surface area contributed by atoms with Crippen molar-refractivity contribution >= 4 is 76.3 Å². The largest absolute Gasteiger partial charge is 0.309 e. The van der Waals surface area contributed by atoms with Crippen LogP contribution in [0.5, 0.6) is 0 Å². The van der Waals surface area contributed by atoms with Gasteiger partial charge >= 0.3 is 0 Å². The van der Waals surface area contributed by atoms with Crippen LogP contribution in [0.15, 0.2) is 212 Å². The Morgan fingerprint density at radius 1 is 0.262 bits per heavy atom. The van der Waals surface area contributed by atoms with E-state index in [1.807, 2.05) is 12.1 Å². The molecular formula is C56H35N5. The fourth-order valence-electron chi connectivity index (χ4n) is 9.74. The van der Waals surface area contributed by atoms with Gasteiger partial charge in [0.25, 0.3) is 0 Å². The number of para-hydroxylation sites is 5. The monoisotopic (exact) mass is 777 g/mol. The summed E-state index contributed by atoms with van der Waals surface area (Å²) in [5.74, 6) is 0.704. The molecule has 0 unspecified atom stereocenters. The topological polar surface area (TPSA) is 40.6 Å². The highest BCUT2D eigenvalue weighted by atomic mass is 15.0. The molecule has 5 heteroatoms. The number of fused-ring (bicyclic) bond motifs is 10. The van der Waals surface area contributed by atoms with E-state index in [2.05, 4.69) is 214 Å². The molecule has 13 aromatic rings. The molecule has 9 aromatic carbocycles. The molecule has 0 spiro atoms. The van der Waals surface area contributed by atoms with E-state index in [0.29, 0.717) is 5.82 Å². The SMILES string of the molecule is c1ccc(-c2nc(-c3cccc(-n4c5ccccc5c5cc6c(cc54)c4ccccc4n6-c4ccc(-n5c6ccccc6c6ccccc65)cc4)c3)nc3ccccc23)cc1. The van der Waals surface area contributed by atoms with E-state index in [1.54, 1.807) is 0 Å². The van der Waals surface area contributed by atoms with E-state index in [-0.39, 0.29) is 0 Å². The molecule has 0 aliphatic rings. The first-order valence-electron chi connectivity index (χ1n) is 20.8. The molecule has 0 saturated heterocycles. The summed E-state index contributed by atoms with van der Waals surface area (Å²) in [5.41, 5.74) is 14.3. The lowest BCUT2D eigenvalue weighted by molar-refractivity contribution is 1.14. The molecule has 13 rings (SSSR count). The van der Waals surface area contributed by atoms with Gasteiger partial charge in [0.1, 0.15) is 0 Å². The molecule has 284 valence electrons. The van der Waals surface area contributed by atoms with Crippen LogP contribution in [-0.4, -0.2) is 23.7 Å². The summed E-state index contributed by atoms with van der Waals surface area (Å²) in [4.78, 5) is 10.3. The van der Waals surface area contributed by atoms with Crippen molar-refractivity contribution in [2.24, 2.45) is 0 Å².